The molecule has 0 aromatic carbocycles. The number of fused-ring (bicyclic) bond motifs is 1. The normalized spacial score (nSPS) is 30.5. The van der Waals surface area contributed by atoms with Crippen molar-refractivity contribution in [1.29, 1.82) is 0 Å². The van der Waals surface area contributed by atoms with Gasteiger partial charge in [-0.05, 0) is 6.92 Å². The quantitative estimate of drug-likeness (QED) is 0.713. The van der Waals surface area contributed by atoms with Crippen LogP contribution in [-0.2, 0) is 16.1 Å². The highest BCUT2D eigenvalue weighted by molar-refractivity contribution is 5.20. The van der Waals surface area contributed by atoms with E-state index in [1.165, 1.54) is 0 Å². The molecule has 82 valence electrons. The van der Waals surface area contributed by atoms with Crippen LogP contribution in [0.5, 0.6) is 0 Å². The summed E-state index contributed by atoms with van der Waals surface area (Å²) in [4.78, 5) is 7.84. The summed E-state index contributed by atoms with van der Waals surface area (Å²) in [5.41, 5.74) is 2.14. The Morgan fingerprint density at radius 3 is 3.07 bits per heavy atom. The van der Waals surface area contributed by atoms with Crippen LogP contribution in [0.2, 0.25) is 0 Å². The Kier molecular flexibility index (Phi) is 2.23. The molecule has 15 heavy (non-hydrogen) atoms. The molecule has 1 saturated heterocycles. The summed E-state index contributed by atoms with van der Waals surface area (Å²) in [7, 11) is 0. The van der Waals surface area contributed by atoms with Crippen molar-refractivity contribution >= 4 is 0 Å². The van der Waals surface area contributed by atoms with Crippen molar-refractivity contribution in [2.24, 2.45) is 0 Å². The van der Waals surface area contributed by atoms with Crippen LogP contribution in [0.3, 0.4) is 0 Å². The average molecular weight is 209 g/mol. The minimum absolute atomic E-state index is 0.0662. The Balaban J connectivity index is 1.84. The number of aromatic nitrogens is 2. The van der Waals surface area contributed by atoms with E-state index in [0.717, 1.165) is 36.9 Å². The number of imidazole rings is 1. The van der Waals surface area contributed by atoms with Crippen molar-refractivity contribution in [2.75, 3.05) is 19.7 Å². The van der Waals surface area contributed by atoms with Crippen LogP contribution < -0.4 is 5.32 Å². The highest BCUT2D eigenvalue weighted by atomic mass is 16.5. The fraction of sp³-hybridized carbons (Fsp3) is 0.700. The van der Waals surface area contributed by atoms with Crippen molar-refractivity contribution in [3.8, 4) is 0 Å². The lowest BCUT2D eigenvalue weighted by molar-refractivity contribution is 0.0211. The van der Waals surface area contributed by atoms with Crippen LogP contribution in [0.25, 0.3) is 0 Å². The van der Waals surface area contributed by atoms with Gasteiger partial charge in [-0.1, -0.05) is 0 Å². The number of rotatable bonds is 1. The summed E-state index contributed by atoms with van der Waals surface area (Å²) in [6.45, 7) is 5.18. The van der Waals surface area contributed by atoms with E-state index in [2.05, 4.69) is 15.3 Å². The molecular formula is C10H15N3O2. The van der Waals surface area contributed by atoms with Crippen LogP contribution in [0.15, 0.2) is 0 Å². The second-order valence-corrected chi connectivity index (χ2v) is 4.00. The molecule has 1 aromatic rings. The minimum atomic E-state index is 0.0662. The third kappa shape index (κ3) is 1.56. The molecule has 0 amide bonds. The molecule has 1 aromatic heterocycles. The van der Waals surface area contributed by atoms with Gasteiger partial charge in [-0.15, -0.1) is 0 Å². The van der Waals surface area contributed by atoms with Crippen molar-refractivity contribution in [3.63, 3.8) is 0 Å². The Labute approximate surface area is 88.2 Å². The first-order valence-electron chi connectivity index (χ1n) is 5.37. The van der Waals surface area contributed by atoms with Gasteiger partial charge in [0.2, 0.25) is 0 Å². The van der Waals surface area contributed by atoms with Gasteiger partial charge >= 0.3 is 0 Å². The number of hydrogen-bond acceptors (Lipinski definition) is 4. The molecule has 2 aliphatic rings. The number of H-pyrrole nitrogens is 1. The van der Waals surface area contributed by atoms with E-state index in [9.17, 15) is 0 Å². The van der Waals surface area contributed by atoms with E-state index >= 15 is 0 Å². The Hall–Kier alpha value is -0.910. The van der Waals surface area contributed by atoms with Gasteiger partial charge in [0.15, 0.2) is 0 Å². The largest absolute Gasteiger partial charge is 0.368 e. The summed E-state index contributed by atoms with van der Waals surface area (Å²) >= 11 is 0. The lowest BCUT2D eigenvalue weighted by Gasteiger charge is -2.21. The molecule has 2 N–H and O–H groups in total. The molecule has 0 spiro atoms. The smallest absolute Gasteiger partial charge is 0.137 e. The summed E-state index contributed by atoms with van der Waals surface area (Å²) < 4.78 is 11.1. The van der Waals surface area contributed by atoms with Crippen molar-refractivity contribution < 1.29 is 9.47 Å². The molecule has 0 bridgehead atoms. The number of hydrogen-bond donors (Lipinski definition) is 2. The number of aromatic amines is 1. The zero-order valence-corrected chi connectivity index (χ0v) is 8.75. The molecule has 0 saturated carbocycles. The molecule has 0 radical (unpaired) electrons. The predicted octanol–water partition coefficient (Wildman–Crippen LogP) is 0.662. The van der Waals surface area contributed by atoms with Gasteiger partial charge in [-0.3, -0.25) is 0 Å². The number of nitrogens with zero attached hydrogens (tertiary/aromatic N) is 1. The average Bonchev–Trinajstić information content (AvgIpc) is 2.83. The summed E-state index contributed by atoms with van der Waals surface area (Å²) in [5.74, 6) is 0.933. The van der Waals surface area contributed by atoms with E-state index in [-0.39, 0.29) is 12.2 Å². The summed E-state index contributed by atoms with van der Waals surface area (Å²) in [6.07, 6.45) is 0.179. The highest BCUT2D eigenvalue weighted by Gasteiger charge is 2.27. The maximum absolute atomic E-state index is 5.64. The first-order valence-corrected chi connectivity index (χ1v) is 5.37. The standard InChI is InChI=1S/C10H15N3O2/c1-6-9-7(5-15-6)12-10(13-9)8-4-11-2-3-14-8/h6,8,11H,2-5H2,1H3,(H,12,13). The molecule has 3 heterocycles. The number of ether oxygens (including phenoxy) is 2. The van der Waals surface area contributed by atoms with Crippen LogP contribution in [0, 0.1) is 0 Å². The van der Waals surface area contributed by atoms with Crippen molar-refractivity contribution in [1.82, 2.24) is 15.3 Å². The van der Waals surface area contributed by atoms with Crippen LogP contribution in [0.4, 0.5) is 0 Å². The molecule has 2 aliphatic heterocycles. The fourth-order valence-corrected chi connectivity index (χ4v) is 2.07. The second-order valence-electron chi connectivity index (χ2n) is 4.00. The van der Waals surface area contributed by atoms with Gasteiger partial charge in [-0.2, -0.15) is 0 Å². The van der Waals surface area contributed by atoms with Gasteiger partial charge < -0.3 is 19.8 Å². The fourth-order valence-electron chi connectivity index (χ4n) is 2.07. The third-order valence-electron chi connectivity index (χ3n) is 2.92. The van der Waals surface area contributed by atoms with Crippen LogP contribution >= 0.6 is 0 Å². The lowest BCUT2D eigenvalue weighted by atomic mass is 10.3. The SMILES string of the molecule is CC1OCc2[nH]c(C3CNCCO3)nc21. The van der Waals surface area contributed by atoms with Gasteiger partial charge in [0.05, 0.1) is 30.7 Å². The molecule has 0 aliphatic carbocycles. The van der Waals surface area contributed by atoms with Gasteiger partial charge in [0.25, 0.3) is 0 Å². The first-order chi connectivity index (χ1) is 7.34. The number of morpholine rings is 1. The maximum atomic E-state index is 5.64. The zero-order valence-electron chi connectivity index (χ0n) is 8.75. The van der Waals surface area contributed by atoms with Crippen LogP contribution in [0.1, 0.15) is 36.3 Å². The van der Waals surface area contributed by atoms with Gasteiger partial charge in [0.1, 0.15) is 11.9 Å². The molecule has 1 fully saturated rings. The van der Waals surface area contributed by atoms with Gasteiger partial charge in [0, 0.05) is 13.1 Å². The topological polar surface area (TPSA) is 59.2 Å². The molecule has 5 heteroatoms. The second kappa shape index (κ2) is 3.59. The van der Waals surface area contributed by atoms with E-state index in [1.54, 1.807) is 0 Å². The Morgan fingerprint density at radius 2 is 2.33 bits per heavy atom. The maximum Gasteiger partial charge on any atom is 0.137 e. The van der Waals surface area contributed by atoms with E-state index in [0.29, 0.717) is 6.61 Å². The van der Waals surface area contributed by atoms with Crippen LogP contribution in [-0.4, -0.2) is 29.7 Å². The monoisotopic (exact) mass is 209 g/mol. The van der Waals surface area contributed by atoms with Gasteiger partial charge in [-0.25, -0.2) is 4.98 Å². The first kappa shape index (κ1) is 9.33. The Bertz CT molecular complexity index is 358. The molecule has 3 rings (SSSR count). The number of nitrogens with one attached hydrogen (secondary N) is 2. The lowest BCUT2D eigenvalue weighted by Crippen LogP contribution is -2.33. The van der Waals surface area contributed by atoms with Crippen molar-refractivity contribution in [3.05, 3.63) is 17.2 Å². The van der Waals surface area contributed by atoms with E-state index in [4.69, 9.17) is 9.47 Å². The highest BCUT2D eigenvalue weighted by Crippen LogP contribution is 2.29. The van der Waals surface area contributed by atoms with E-state index in [1.807, 2.05) is 6.92 Å². The summed E-state index contributed by atoms with van der Waals surface area (Å²) in [5, 5.41) is 3.29. The Morgan fingerprint density at radius 1 is 1.40 bits per heavy atom. The van der Waals surface area contributed by atoms with Crippen molar-refractivity contribution in [2.45, 2.75) is 25.7 Å². The molecule has 2 atom stereocenters. The minimum Gasteiger partial charge on any atom is -0.368 e. The summed E-state index contributed by atoms with van der Waals surface area (Å²) in [6, 6.07) is 0. The molecular weight excluding hydrogens is 194 g/mol. The third-order valence-corrected chi connectivity index (χ3v) is 2.92. The molecule has 5 nitrogen and oxygen atoms in total. The zero-order chi connectivity index (χ0) is 10.3. The molecule has 2 unspecified atom stereocenters. The van der Waals surface area contributed by atoms with E-state index < -0.39 is 0 Å². The predicted molar refractivity (Wildman–Crippen MR) is 53.4 cm³/mol.